The topological polar surface area (TPSA) is 47.0 Å². The van der Waals surface area contributed by atoms with Crippen LogP contribution in [0.2, 0.25) is 0 Å². The number of aliphatic carboxylic acids is 1. The molecule has 0 atom stereocenters. The van der Waals surface area contributed by atoms with Gasteiger partial charge in [-0.25, -0.2) is 10.0 Å². The van der Waals surface area contributed by atoms with Crippen LogP contribution in [0.5, 0.6) is 0 Å². The van der Waals surface area contributed by atoms with E-state index in [0.717, 1.165) is 45.2 Å². The van der Waals surface area contributed by atoms with Crippen molar-refractivity contribution < 1.29 is 9.90 Å². The fourth-order valence-corrected chi connectivity index (χ4v) is 3.85. The smallest absolute Gasteiger partial charge is 0.304 e. The van der Waals surface area contributed by atoms with Crippen LogP contribution in [0.25, 0.3) is 0 Å². The highest BCUT2D eigenvalue weighted by molar-refractivity contribution is 5.85. The Bertz CT molecular complexity index is 517. The van der Waals surface area contributed by atoms with Gasteiger partial charge in [0.15, 0.2) is 0 Å². The second-order valence-electron chi connectivity index (χ2n) is 7.03. The maximum atomic E-state index is 10.7. The lowest BCUT2D eigenvalue weighted by Crippen LogP contribution is -2.55. The first kappa shape index (κ1) is 23.2. The molecule has 0 amide bonds. The predicted molar refractivity (Wildman–Crippen MR) is 109 cm³/mol. The first-order chi connectivity index (χ1) is 11.7. The average molecular weight is 404 g/mol. The van der Waals surface area contributed by atoms with Gasteiger partial charge in [-0.15, -0.1) is 24.8 Å². The van der Waals surface area contributed by atoms with E-state index in [9.17, 15) is 4.79 Å². The van der Waals surface area contributed by atoms with Gasteiger partial charge in [-0.3, -0.25) is 4.79 Å². The fourth-order valence-electron chi connectivity index (χ4n) is 3.85. The van der Waals surface area contributed by atoms with E-state index in [1.54, 1.807) is 0 Å². The van der Waals surface area contributed by atoms with Crippen molar-refractivity contribution in [1.29, 1.82) is 0 Å². The van der Waals surface area contributed by atoms with Crippen molar-refractivity contribution in [1.82, 2.24) is 14.9 Å². The van der Waals surface area contributed by atoms with Crippen LogP contribution in [0.1, 0.15) is 24.8 Å². The Morgan fingerprint density at radius 1 is 0.923 bits per heavy atom. The van der Waals surface area contributed by atoms with Gasteiger partial charge in [0.1, 0.15) is 0 Å². The predicted octanol–water partition coefficient (Wildman–Crippen LogP) is 2.79. The summed E-state index contributed by atoms with van der Waals surface area (Å²) in [7, 11) is 0. The number of carboxylic acids is 1. The van der Waals surface area contributed by atoms with E-state index in [2.05, 4.69) is 45.2 Å². The molecule has 148 valence electrons. The molecule has 1 aromatic rings. The Balaban J connectivity index is 0.00000169. The average Bonchev–Trinajstić information content (AvgIpc) is 2.62. The van der Waals surface area contributed by atoms with Crippen molar-refractivity contribution in [3.05, 3.63) is 35.9 Å². The quantitative estimate of drug-likeness (QED) is 0.790. The summed E-state index contributed by atoms with van der Waals surface area (Å²) < 4.78 is 0. The molecule has 0 spiro atoms. The minimum Gasteiger partial charge on any atom is -0.481 e. The minimum atomic E-state index is -0.696. The lowest BCUT2D eigenvalue weighted by atomic mass is 9.91. The first-order valence-corrected chi connectivity index (χ1v) is 9.18. The van der Waals surface area contributed by atoms with E-state index >= 15 is 0 Å². The number of carbonyl (C=O) groups is 1. The molecular formula is C19H31Cl2N3O2. The van der Waals surface area contributed by atoms with Gasteiger partial charge in [-0.05, 0) is 30.7 Å². The molecule has 1 aromatic carbocycles. The number of nitrogens with zero attached hydrogens (tertiary/aromatic N) is 3. The fraction of sp³-hybridized carbons (Fsp3) is 0.632. The third-order valence-corrected chi connectivity index (χ3v) is 5.35. The summed E-state index contributed by atoms with van der Waals surface area (Å²) in [5, 5.41) is 13.8. The van der Waals surface area contributed by atoms with Crippen LogP contribution < -0.4 is 0 Å². The van der Waals surface area contributed by atoms with Gasteiger partial charge in [-0.1, -0.05) is 30.3 Å². The molecule has 0 bridgehead atoms. The number of benzene rings is 1. The third-order valence-electron chi connectivity index (χ3n) is 5.35. The second-order valence-corrected chi connectivity index (χ2v) is 7.03. The van der Waals surface area contributed by atoms with Crippen molar-refractivity contribution in [3.8, 4) is 0 Å². The Hall–Kier alpha value is -0.850. The summed E-state index contributed by atoms with van der Waals surface area (Å²) in [6.07, 6.45) is 4.00. The minimum absolute atomic E-state index is 0. The number of carboxylic acid groups (broad SMARTS) is 1. The van der Waals surface area contributed by atoms with Crippen LogP contribution in [0.4, 0.5) is 0 Å². The molecular weight excluding hydrogens is 373 g/mol. The largest absolute Gasteiger partial charge is 0.481 e. The maximum Gasteiger partial charge on any atom is 0.304 e. The van der Waals surface area contributed by atoms with Gasteiger partial charge in [0.2, 0.25) is 0 Å². The molecule has 0 saturated carbocycles. The molecule has 1 N–H and O–H groups in total. The molecule has 2 fully saturated rings. The molecule has 0 aromatic heterocycles. The molecule has 26 heavy (non-hydrogen) atoms. The van der Waals surface area contributed by atoms with Crippen LogP contribution >= 0.6 is 24.8 Å². The van der Waals surface area contributed by atoms with E-state index < -0.39 is 5.97 Å². The van der Waals surface area contributed by atoms with E-state index in [1.807, 2.05) is 0 Å². The number of hydrogen-bond donors (Lipinski definition) is 1. The molecule has 0 aliphatic carbocycles. The highest BCUT2D eigenvalue weighted by Crippen LogP contribution is 2.23. The standard InChI is InChI=1S/C19H29N3O2.2ClH/c23-19(24)8-9-20-12-14-22(15-13-20)21-10-6-18(7-11-21)16-17-4-2-1-3-5-17;;/h1-5,18H,6-16H2,(H,23,24);2*1H. The monoisotopic (exact) mass is 403 g/mol. The van der Waals surface area contributed by atoms with Gasteiger partial charge in [0.05, 0.1) is 6.42 Å². The lowest BCUT2D eigenvalue weighted by molar-refractivity contribution is -0.137. The number of halogens is 2. The lowest BCUT2D eigenvalue weighted by Gasteiger charge is -2.44. The molecule has 5 nitrogen and oxygen atoms in total. The molecule has 0 unspecified atom stereocenters. The van der Waals surface area contributed by atoms with Crippen molar-refractivity contribution in [3.63, 3.8) is 0 Å². The molecule has 2 saturated heterocycles. The van der Waals surface area contributed by atoms with Gasteiger partial charge in [-0.2, -0.15) is 0 Å². The van der Waals surface area contributed by atoms with Crippen molar-refractivity contribution in [2.45, 2.75) is 25.7 Å². The number of rotatable bonds is 6. The van der Waals surface area contributed by atoms with E-state index in [1.165, 1.54) is 24.8 Å². The highest BCUT2D eigenvalue weighted by atomic mass is 35.5. The zero-order valence-corrected chi connectivity index (χ0v) is 16.9. The Kier molecular flexibility index (Phi) is 10.5. The van der Waals surface area contributed by atoms with Crippen LogP contribution in [-0.2, 0) is 11.2 Å². The number of piperidine rings is 1. The molecule has 7 heteroatoms. The zero-order valence-electron chi connectivity index (χ0n) is 15.3. The molecule has 0 radical (unpaired) electrons. The highest BCUT2D eigenvalue weighted by Gasteiger charge is 2.26. The van der Waals surface area contributed by atoms with Crippen molar-refractivity contribution >= 4 is 30.8 Å². The van der Waals surface area contributed by atoms with E-state index in [-0.39, 0.29) is 31.2 Å². The molecule has 3 rings (SSSR count). The number of hydrogen-bond acceptors (Lipinski definition) is 4. The zero-order chi connectivity index (χ0) is 16.8. The number of piperazine rings is 1. The van der Waals surface area contributed by atoms with Gasteiger partial charge < -0.3 is 10.0 Å². The Labute approximate surface area is 169 Å². The number of hydrazine groups is 1. The summed E-state index contributed by atoms with van der Waals surface area (Å²) in [6, 6.07) is 10.8. The first-order valence-electron chi connectivity index (χ1n) is 9.18. The van der Waals surface area contributed by atoms with Crippen LogP contribution in [0.15, 0.2) is 30.3 Å². The van der Waals surface area contributed by atoms with Crippen molar-refractivity contribution in [2.75, 3.05) is 45.8 Å². The van der Waals surface area contributed by atoms with Crippen LogP contribution in [0, 0.1) is 5.92 Å². The van der Waals surface area contributed by atoms with Gasteiger partial charge in [0.25, 0.3) is 0 Å². The van der Waals surface area contributed by atoms with Crippen molar-refractivity contribution in [2.24, 2.45) is 5.92 Å². The maximum absolute atomic E-state index is 10.7. The third kappa shape index (κ3) is 7.05. The summed E-state index contributed by atoms with van der Waals surface area (Å²) in [5.74, 6) is 0.110. The molecule has 2 aliphatic rings. The summed E-state index contributed by atoms with van der Waals surface area (Å²) in [5.41, 5.74) is 1.46. The molecule has 2 heterocycles. The SMILES string of the molecule is Cl.Cl.O=C(O)CCN1CCN(N2CCC(Cc3ccccc3)CC2)CC1. The Morgan fingerprint density at radius 2 is 1.50 bits per heavy atom. The normalized spacial score (nSPS) is 20.2. The van der Waals surface area contributed by atoms with Gasteiger partial charge in [0, 0.05) is 45.8 Å². The summed E-state index contributed by atoms with van der Waals surface area (Å²) >= 11 is 0. The van der Waals surface area contributed by atoms with Gasteiger partial charge >= 0.3 is 5.97 Å². The van der Waals surface area contributed by atoms with E-state index in [0.29, 0.717) is 6.54 Å². The summed E-state index contributed by atoms with van der Waals surface area (Å²) in [4.78, 5) is 12.9. The van der Waals surface area contributed by atoms with E-state index in [4.69, 9.17) is 5.11 Å². The Morgan fingerprint density at radius 3 is 2.08 bits per heavy atom. The van der Waals surface area contributed by atoms with Crippen LogP contribution in [0.3, 0.4) is 0 Å². The van der Waals surface area contributed by atoms with Crippen LogP contribution in [-0.4, -0.2) is 71.8 Å². The summed E-state index contributed by atoms with van der Waals surface area (Å²) in [6.45, 7) is 7.03. The second kappa shape index (κ2) is 11.8. The molecule has 2 aliphatic heterocycles.